The van der Waals surface area contributed by atoms with E-state index in [2.05, 4.69) is 35.8 Å². The number of ether oxygens (including phenoxy) is 2. The van der Waals surface area contributed by atoms with Crippen LogP contribution in [0.5, 0.6) is 11.5 Å². The summed E-state index contributed by atoms with van der Waals surface area (Å²) in [7, 11) is 0. The summed E-state index contributed by atoms with van der Waals surface area (Å²) in [6.07, 6.45) is 1.05. The van der Waals surface area contributed by atoms with Crippen LogP contribution in [-0.4, -0.2) is 54.1 Å². The zero-order chi connectivity index (χ0) is 26.1. The maximum absolute atomic E-state index is 13.0. The number of nitrogens with zero attached hydrogens (tertiary/aromatic N) is 8. The van der Waals surface area contributed by atoms with Crippen LogP contribution in [0.15, 0.2) is 46.1 Å². The third-order valence-electron chi connectivity index (χ3n) is 5.02. The van der Waals surface area contributed by atoms with Gasteiger partial charge in [0.1, 0.15) is 5.69 Å². The normalized spacial score (nSPS) is 12.1. The first-order valence-corrected chi connectivity index (χ1v) is 10.0. The van der Waals surface area contributed by atoms with Crippen LogP contribution in [0.3, 0.4) is 0 Å². The SMILES string of the molecule is Nc1nonc1-n1nnc(C(=O)NN=Cc2cc3c(cc2[N+](=O)[O-])OCO3)c1-c1ccc([N+](=O)[O-])cc1. The van der Waals surface area contributed by atoms with Crippen molar-refractivity contribution in [2.75, 3.05) is 12.5 Å². The molecule has 0 unspecified atom stereocenters. The molecule has 0 atom stereocenters. The summed E-state index contributed by atoms with van der Waals surface area (Å²) in [5, 5.41) is 41.1. The molecule has 0 aliphatic carbocycles. The van der Waals surface area contributed by atoms with Gasteiger partial charge in [0.2, 0.25) is 18.4 Å². The van der Waals surface area contributed by atoms with Crippen LogP contribution in [0.1, 0.15) is 16.1 Å². The number of aromatic nitrogens is 5. The van der Waals surface area contributed by atoms with E-state index in [0.717, 1.165) is 10.9 Å². The third kappa shape index (κ3) is 4.20. The topological polar surface area (TPSA) is 242 Å². The molecule has 37 heavy (non-hydrogen) atoms. The number of rotatable bonds is 7. The maximum atomic E-state index is 13.0. The fourth-order valence-corrected chi connectivity index (χ4v) is 3.34. The van der Waals surface area contributed by atoms with E-state index in [9.17, 15) is 25.0 Å². The fraction of sp³-hybridized carbons (Fsp3) is 0.0526. The Labute approximate surface area is 203 Å². The highest BCUT2D eigenvalue weighted by Gasteiger charge is 2.26. The molecular weight excluding hydrogens is 496 g/mol. The highest BCUT2D eigenvalue weighted by Crippen LogP contribution is 2.37. The Bertz CT molecular complexity index is 1580. The van der Waals surface area contributed by atoms with E-state index in [0.29, 0.717) is 5.56 Å². The van der Waals surface area contributed by atoms with Crippen LogP contribution in [0.25, 0.3) is 17.1 Å². The smallest absolute Gasteiger partial charge is 0.294 e. The number of nitro benzene ring substituents is 2. The number of hydrazone groups is 1. The van der Waals surface area contributed by atoms with Crippen molar-refractivity contribution < 1.29 is 28.7 Å². The molecule has 186 valence electrons. The number of carbonyl (C=O) groups is 1. The summed E-state index contributed by atoms with van der Waals surface area (Å²) in [5.41, 5.74) is 7.55. The van der Waals surface area contributed by atoms with Crippen LogP contribution in [0.2, 0.25) is 0 Å². The molecule has 0 radical (unpaired) electrons. The number of hydrogen-bond donors (Lipinski definition) is 2. The predicted octanol–water partition coefficient (Wildman–Crippen LogP) is 1.21. The second-order valence-corrected chi connectivity index (χ2v) is 7.20. The maximum Gasteiger partial charge on any atom is 0.294 e. The first kappa shape index (κ1) is 22.8. The van der Waals surface area contributed by atoms with Crippen molar-refractivity contribution in [3.05, 3.63) is 67.9 Å². The Morgan fingerprint density at radius 2 is 1.84 bits per heavy atom. The van der Waals surface area contributed by atoms with Gasteiger partial charge in [-0.15, -0.1) is 5.10 Å². The minimum atomic E-state index is -0.866. The number of nitrogens with two attached hydrogens (primary N) is 1. The molecule has 4 aromatic rings. The highest BCUT2D eigenvalue weighted by atomic mass is 16.7. The standard InChI is InChI=1S/C19H12N10O8/c20-17-18(25-37-24-17)27-16(9-1-3-11(4-2-9)28(31)32)15(22-26-27)19(30)23-21-7-10-5-13-14(36-8-35-13)6-12(10)29(33)34/h1-7H,8H2,(H2,20,24)(H,23,30). The summed E-state index contributed by atoms with van der Waals surface area (Å²) in [5.74, 6) is -0.624. The number of hydrogen-bond acceptors (Lipinski definition) is 14. The lowest BCUT2D eigenvalue weighted by Gasteiger charge is -2.06. The average Bonchev–Trinajstić information content (AvgIpc) is 3.62. The Morgan fingerprint density at radius 3 is 2.49 bits per heavy atom. The summed E-state index contributed by atoms with van der Waals surface area (Å²) in [6, 6.07) is 7.70. The summed E-state index contributed by atoms with van der Waals surface area (Å²) < 4.78 is 16.0. The second kappa shape index (κ2) is 9.02. The minimum absolute atomic E-state index is 0.0373. The molecule has 2 aromatic carbocycles. The molecule has 3 heterocycles. The molecule has 2 aromatic heterocycles. The molecule has 1 amide bonds. The van der Waals surface area contributed by atoms with Crippen molar-refractivity contribution >= 4 is 29.3 Å². The van der Waals surface area contributed by atoms with Gasteiger partial charge >= 0.3 is 0 Å². The highest BCUT2D eigenvalue weighted by molar-refractivity contribution is 5.99. The molecule has 18 heteroatoms. The van der Waals surface area contributed by atoms with Gasteiger partial charge in [-0.2, -0.15) is 9.78 Å². The van der Waals surface area contributed by atoms with Crippen LogP contribution in [0, 0.1) is 20.2 Å². The number of nitro groups is 2. The number of carbonyl (C=O) groups excluding carboxylic acids is 1. The molecule has 18 nitrogen and oxygen atoms in total. The molecule has 0 bridgehead atoms. The lowest BCUT2D eigenvalue weighted by atomic mass is 10.1. The van der Waals surface area contributed by atoms with Gasteiger partial charge < -0.3 is 15.2 Å². The van der Waals surface area contributed by atoms with Crippen molar-refractivity contribution in [2.24, 2.45) is 5.10 Å². The molecule has 3 N–H and O–H groups in total. The molecule has 0 spiro atoms. The molecule has 1 aliphatic heterocycles. The number of amides is 1. The predicted molar refractivity (Wildman–Crippen MR) is 120 cm³/mol. The number of benzene rings is 2. The van der Waals surface area contributed by atoms with E-state index in [1.54, 1.807) is 0 Å². The van der Waals surface area contributed by atoms with Crippen LogP contribution >= 0.6 is 0 Å². The Morgan fingerprint density at radius 1 is 1.11 bits per heavy atom. The van der Waals surface area contributed by atoms with E-state index >= 15 is 0 Å². The third-order valence-corrected chi connectivity index (χ3v) is 5.02. The van der Waals surface area contributed by atoms with Gasteiger partial charge in [0.25, 0.3) is 17.3 Å². The lowest BCUT2D eigenvalue weighted by Crippen LogP contribution is -2.19. The molecule has 0 saturated heterocycles. The molecule has 1 aliphatic rings. The molecule has 0 saturated carbocycles. The van der Waals surface area contributed by atoms with Crippen molar-refractivity contribution in [3.63, 3.8) is 0 Å². The van der Waals surface area contributed by atoms with Crippen molar-refractivity contribution in [1.29, 1.82) is 0 Å². The monoisotopic (exact) mass is 508 g/mol. The van der Waals surface area contributed by atoms with Gasteiger partial charge in [-0.05, 0) is 28.5 Å². The fourth-order valence-electron chi connectivity index (χ4n) is 3.34. The van der Waals surface area contributed by atoms with Crippen molar-refractivity contribution in [3.8, 4) is 28.6 Å². The Kier molecular flexibility index (Phi) is 5.56. The van der Waals surface area contributed by atoms with Gasteiger partial charge in [-0.25, -0.2) is 10.1 Å². The zero-order valence-electron chi connectivity index (χ0n) is 18.2. The summed E-state index contributed by atoms with van der Waals surface area (Å²) >= 11 is 0. The Balaban J connectivity index is 1.48. The van der Waals surface area contributed by atoms with Crippen LogP contribution in [-0.2, 0) is 0 Å². The van der Waals surface area contributed by atoms with Crippen molar-refractivity contribution in [2.45, 2.75) is 0 Å². The quantitative estimate of drug-likeness (QED) is 0.203. The van der Waals surface area contributed by atoms with E-state index in [1.807, 2.05) is 0 Å². The first-order valence-electron chi connectivity index (χ1n) is 10.0. The summed E-state index contributed by atoms with van der Waals surface area (Å²) in [4.78, 5) is 34.2. The van der Waals surface area contributed by atoms with E-state index in [4.69, 9.17) is 15.2 Å². The van der Waals surface area contributed by atoms with Gasteiger partial charge in [-0.3, -0.25) is 25.0 Å². The zero-order valence-corrected chi connectivity index (χ0v) is 18.2. The van der Waals surface area contributed by atoms with E-state index in [-0.39, 0.29) is 58.3 Å². The molecule has 0 fully saturated rings. The number of nitrogen functional groups attached to an aromatic ring is 1. The van der Waals surface area contributed by atoms with E-state index < -0.39 is 15.8 Å². The Hall–Kier alpha value is -5.94. The average molecular weight is 508 g/mol. The largest absolute Gasteiger partial charge is 0.454 e. The first-order chi connectivity index (χ1) is 17.8. The number of fused-ring (bicyclic) bond motifs is 1. The van der Waals surface area contributed by atoms with Crippen LogP contribution in [0.4, 0.5) is 17.2 Å². The van der Waals surface area contributed by atoms with Gasteiger partial charge in [0.05, 0.1) is 27.7 Å². The number of non-ortho nitro benzene ring substituents is 1. The second-order valence-electron chi connectivity index (χ2n) is 7.20. The van der Waals surface area contributed by atoms with Crippen molar-refractivity contribution in [1.82, 2.24) is 30.7 Å². The molecular formula is C19H12N10O8. The molecule has 5 rings (SSSR count). The van der Waals surface area contributed by atoms with Gasteiger partial charge in [0.15, 0.2) is 17.2 Å². The van der Waals surface area contributed by atoms with E-state index in [1.165, 1.54) is 36.4 Å². The number of anilines is 1. The van der Waals surface area contributed by atoms with Crippen LogP contribution < -0.4 is 20.6 Å². The summed E-state index contributed by atoms with van der Waals surface area (Å²) in [6.45, 7) is -0.0869. The number of nitrogens with one attached hydrogen (secondary N) is 1. The minimum Gasteiger partial charge on any atom is -0.454 e. The van der Waals surface area contributed by atoms with Gasteiger partial charge in [0, 0.05) is 17.7 Å². The lowest BCUT2D eigenvalue weighted by molar-refractivity contribution is -0.385. The van der Waals surface area contributed by atoms with Gasteiger partial charge in [-0.1, -0.05) is 5.21 Å².